The lowest BCUT2D eigenvalue weighted by atomic mass is 9.86. The van der Waals surface area contributed by atoms with Gasteiger partial charge >= 0.3 is 0 Å². The van der Waals surface area contributed by atoms with Gasteiger partial charge in [-0.2, -0.15) is 0 Å². The molecular formula is C17H27ClN2O. The van der Waals surface area contributed by atoms with Gasteiger partial charge in [0.25, 0.3) is 0 Å². The molecule has 1 aromatic rings. The first-order valence-electron chi connectivity index (χ1n) is 7.36. The fourth-order valence-electron chi connectivity index (χ4n) is 2.62. The van der Waals surface area contributed by atoms with Gasteiger partial charge in [0.2, 0.25) is 5.91 Å². The molecule has 1 amide bonds. The Morgan fingerprint density at radius 2 is 1.90 bits per heavy atom. The maximum absolute atomic E-state index is 12.1. The number of benzene rings is 1. The first-order valence-corrected chi connectivity index (χ1v) is 7.36. The SMILES string of the molecule is Cc1ccccc1C1(CNC(=O)[C@@H](N)C(C)(C)C)CC1.Cl. The van der Waals surface area contributed by atoms with Crippen molar-refractivity contribution in [2.45, 2.75) is 52.0 Å². The maximum atomic E-state index is 12.1. The molecule has 1 aromatic carbocycles. The second-order valence-electron chi connectivity index (χ2n) is 7.16. The number of hydrogen-bond donors (Lipinski definition) is 2. The van der Waals surface area contributed by atoms with E-state index in [1.807, 2.05) is 20.8 Å². The molecule has 21 heavy (non-hydrogen) atoms. The molecule has 0 unspecified atom stereocenters. The fourth-order valence-corrected chi connectivity index (χ4v) is 2.62. The highest BCUT2D eigenvalue weighted by Gasteiger charge is 2.45. The number of carbonyl (C=O) groups excluding carboxylic acids is 1. The molecule has 0 spiro atoms. The minimum atomic E-state index is -0.463. The van der Waals surface area contributed by atoms with E-state index in [0.717, 1.165) is 12.8 Å². The van der Waals surface area contributed by atoms with Crippen LogP contribution in [-0.4, -0.2) is 18.5 Å². The van der Waals surface area contributed by atoms with E-state index in [1.54, 1.807) is 0 Å². The van der Waals surface area contributed by atoms with Gasteiger partial charge in [-0.15, -0.1) is 12.4 Å². The number of nitrogens with one attached hydrogen (secondary N) is 1. The van der Waals surface area contributed by atoms with E-state index in [4.69, 9.17) is 5.73 Å². The Kier molecular flexibility index (Phi) is 5.46. The Hall–Kier alpha value is -1.06. The summed E-state index contributed by atoms with van der Waals surface area (Å²) in [6.45, 7) is 8.81. The fraction of sp³-hybridized carbons (Fsp3) is 0.588. The Labute approximate surface area is 134 Å². The van der Waals surface area contributed by atoms with Crippen molar-refractivity contribution in [1.82, 2.24) is 5.32 Å². The van der Waals surface area contributed by atoms with Crippen LogP contribution in [0.2, 0.25) is 0 Å². The van der Waals surface area contributed by atoms with Crippen LogP contribution in [0, 0.1) is 12.3 Å². The molecule has 0 aliphatic heterocycles. The van der Waals surface area contributed by atoms with Crippen LogP contribution >= 0.6 is 12.4 Å². The molecule has 4 heteroatoms. The van der Waals surface area contributed by atoms with Crippen LogP contribution in [0.4, 0.5) is 0 Å². The summed E-state index contributed by atoms with van der Waals surface area (Å²) in [7, 11) is 0. The molecule has 1 saturated carbocycles. The number of carbonyl (C=O) groups is 1. The van der Waals surface area contributed by atoms with Gasteiger partial charge in [0.15, 0.2) is 0 Å². The van der Waals surface area contributed by atoms with Crippen LogP contribution in [0.1, 0.15) is 44.7 Å². The van der Waals surface area contributed by atoms with Crippen molar-refractivity contribution >= 4 is 18.3 Å². The van der Waals surface area contributed by atoms with Crippen molar-refractivity contribution in [2.75, 3.05) is 6.54 Å². The zero-order chi connectivity index (χ0) is 15.0. The van der Waals surface area contributed by atoms with E-state index in [1.165, 1.54) is 11.1 Å². The summed E-state index contributed by atoms with van der Waals surface area (Å²) < 4.78 is 0. The summed E-state index contributed by atoms with van der Waals surface area (Å²) in [6, 6.07) is 7.99. The molecule has 2 rings (SSSR count). The predicted octanol–water partition coefficient (Wildman–Crippen LogP) is 2.94. The lowest BCUT2D eigenvalue weighted by molar-refractivity contribution is -0.124. The second kappa shape index (κ2) is 6.37. The van der Waals surface area contributed by atoms with Gasteiger partial charge in [-0.05, 0) is 36.3 Å². The third-order valence-electron chi connectivity index (χ3n) is 4.39. The molecule has 3 nitrogen and oxygen atoms in total. The van der Waals surface area contributed by atoms with Gasteiger partial charge in [-0.25, -0.2) is 0 Å². The minimum Gasteiger partial charge on any atom is -0.354 e. The van der Waals surface area contributed by atoms with Gasteiger partial charge in [0, 0.05) is 12.0 Å². The number of rotatable bonds is 4. The molecule has 3 N–H and O–H groups in total. The quantitative estimate of drug-likeness (QED) is 0.898. The molecule has 0 heterocycles. The van der Waals surface area contributed by atoms with Gasteiger partial charge in [0.05, 0.1) is 6.04 Å². The van der Waals surface area contributed by atoms with Crippen molar-refractivity contribution in [1.29, 1.82) is 0 Å². The van der Waals surface area contributed by atoms with Crippen molar-refractivity contribution < 1.29 is 4.79 Å². The van der Waals surface area contributed by atoms with Crippen LogP contribution in [0.25, 0.3) is 0 Å². The lowest BCUT2D eigenvalue weighted by Gasteiger charge is -2.27. The summed E-state index contributed by atoms with van der Waals surface area (Å²) in [5, 5.41) is 3.05. The Bertz CT molecular complexity index is 504. The number of halogens is 1. The van der Waals surface area contributed by atoms with E-state index in [9.17, 15) is 4.79 Å². The van der Waals surface area contributed by atoms with E-state index >= 15 is 0 Å². The average molecular weight is 311 g/mol. The summed E-state index contributed by atoms with van der Waals surface area (Å²) >= 11 is 0. The molecule has 118 valence electrons. The van der Waals surface area contributed by atoms with Crippen LogP contribution in [-0.2, 0) is 10.2 Å². The van der Waals surface area contributed by atoms with E-state index in [-0.39, 0.29) is 29.1 Å². The molecule has 0 radical (unpaired) electrons. The zero-order valence-electron chi connectivity index (χ0n) is 13.4. The average Bonchev–Trinajstić information content (AvgIpc) is 3.15. The number of aryl methyl sites for hydroxylation is 1. The van der Waals surface area contributed by atoms with Crippen molar-refractivity contribution in [2.24, 2.45) is 11.1 Å². The number of hydrogen-bond acceptors (Lipinski definition) is 2. The van der Waals surface area contributed by atoms with Crippen LogP contribution in [0.15, 0.2) is 24.3 Å². The Morgan fingerprint density at radius 3 is 2.38 bits per heavy atom. The molecule has 1 atom stereocenters. The lowest BCUT2D eigenvalue weighted by Crippen LogP contribution is -2.50. The van der Waals surface area contributed by atoms with Crippen LogP contribution in [0.3, 0.4) is 0 Å². The first kappa shape index (κ1) is 18.0. The third kappa shape index (κ3) is 3.98. The smallest absolute Gasteiger partial charge is 0.237 e. The highest BCUT2D eigenvalue weighted by molar-refractivity contribution is 5.85. The molecular weight excluding hydrogens is 284 g/mol. The summed E-state index contributed by atoms with van der Waals surface area (Å²) in [5.41, 5.74) is 8.60. The normalized spacial score (nSPS) is 17.6. The van der Waals surface area contributed by atoms with E-state index in [2.05, 4.69) is 36.5 Å². The number of amides is 1. The standard InChI is InChI=1S/C17H26N2O.ClH/c1-12-7-5-6-8-13(12)17(9-10-17)11-19-15(20)14(18)16(2,3)4;/h5-8,14H,9-11,18H2,1-4H3,(H,19,20);1H/t14-;/m1./s1. The van der Waals surface area contributed by atoms with E-state index < -0.39 is 6.04 Å². The van der Waals surface area contributed by atoms with Gasteiger partial charge in [-0.1, -0.05) is 45.0 Å². The van der Waals surface area contributed by atoms with Crippen molar-refractivity contribution in [3.63, 3.8) is 0 Å². The van der Waals surface area contributed by atoms with Gasteiger partial charge in [0.1, 0.15) is 0 Å². The first-order chi connectivity index (χ1) is 9.26. The molecule has 0 bridgehead atoms. The van der Waals surface area contributed by atoms with Crippen molar-refractivity contribution in [3.8, 4) is 0 Å². The van der Waals surface area contributed by atoms with Crippen LogP contribution in [0.5, 0.6) is 0 Å². The summed E-state index contributed by atoms with van der Waals surface area (Å²) in [6.07, 6.45) is 2.28. The Morgan fingerprint density at radius 1 is 1.33 bits per heavy atom. The second-order valence-corrected chi connectivity index (χ2v) is 7.16. The summed E-state index contributed by atoms with van der Waals surface area (Å²) in [4.78, 5) is 12.1. The van der Waals surface area contributed by atoms with Gasteiger partial charge in [-0.3, -0.25) is 4.79 Å². The molecule has 1 fully saturated rings. The maximum Gasteiger partial charge on any atom is 0.237 e. The highest BCUT2D eigenvalue weighted by Crippen LogP contribution is 2.48. The predicted molar refractivity (Wildman–Crippen MR) is 89.8 cm³/mol. The summed E-state index contributed by atoms with van der Waals surface area (Å²) in [5.74, 6) is -0.0441. The van der Waals surface area contributed by atoms with Gasteiger partial charge < -0.3 is 11.1 Å². The third-order valence-corrected chi connectivity index (χ3v) is 4.39. The van der Waals surface area contributed by atoms with E-state index in [0.29, 0.717) is 6.54 Å². The topological polar surface area (TPSA) is 55.1 Å². The zero-order valence-corrected chi connectivity index (χ0v) is 14.2. The molecule has 1 aliphatic carbocycles. The Balaban J connectivity index is 0.00000220. The molecule has 1 aliphatic rings. The minimum absolute atomic E-state index is 0. The molecule has 0 saturated heterocycles. The van der Waals surface area contributed by atoms with Crippen molar-refractivity contribution in [3.05, 3.63) is 35.4 Å². The number of nitrogens with two attached hydrogens (primary N) is 1. The molecule has 0 aromatic heterocycles. The van der Waals surface area contributed by atoms with Crippen LogP contribution < -0.4 is 11.1 Å². The highest BCUT2D eigenvalue weighted by atomic mass is 35.5. The largest absolute Gasteiger partial charge is 0.354 e. The monoisotopic (exact) mass is 310 g/mol.